The summed E-state index contributed by atoms with van der Waals surface area (Å²) in [7, 11) is 0. The smallest absolute Gasteiger partial charge is 0.307 e. The van der Waals surface area contributed by atoms with Crippen LogP contribution in [0.4, 0.5) is 10.1 Å². The average molecular weight is 342 g/mol. The Kier molecular flexibility index (Phi) is 4.54. The van der Waals surface area contributed by atoms with Gasteiger partial charge in [-0.25, -0.2) is 4.39 Å². The Balaban J connectivity index is 2.12. The minimum Gasteiger partial charge on any atom is -0.481 e. The van der Waals surface area contributed by atoms with Crippen LogP contribution in [-0.4, -0.2) is 17.0 Å². The average Bonchev–Trinajstić information content (AvgIpc) is 2.43. The SMILES string of the molecule is O=C(O)[C@H]1CC=CC[C@H]1C(=O)Nc1ccc(Br)c(F)c1. The zero-order valence-electron chi connectivity index (χ0n) is 10.5. The number of benzene rings is 1. The molecule has 1 aromatic carbocycles. The monoisotopic (exact) mass is 341 g/mol. The molecule has 1 aliphatic rings. The Morgan fingerprint density at radius 2 is 1.90 bits per heavy atom. The molecule has 0 unspecified atom stereocenters. The van der Waals surface area contributed by atoms with E-state index in [9.17, 15) is 14.0 Å². The second-order valence-electron chi connectivity index (χ2n) is 4.61. The first-order valence-electron chi connectivity index (χ1n) is 6.12. The van der Waals surface area contributed by atoms with E-state index in [1.165, 1.54) is 12.1 Å². The Hall–Kier alpha value is -1.69. The fourth-order valence-corrected chi connectivity index (χ4v) is 2.43. The van der Waals surface area contributed by atoms with Crippen LogP contribution >= 0.6 is 15.9 Å². The molecule has 6 heteroatoms. The summed E-state index contributed by atoms with van der Waals surface area (Å²) in [6, 6.07) is 4.23. The number of carbonyl (C=O) groups excluding carboxylic acids is 1. The highest BCUT2D eigenvalue weighted by Gasteiger charge is 2.33. The summed E-state index contributed by atoms with van der Waals surface area (Å²) in [5.41, 5.74) is 0.314. The Morgan fingerprint density at radius 3 is 2.50 bits per heavy atom. The quantitative estimate of drug-likeness (QED) is 0.829. The maximum Gasteiger partial charge on any atom is 0.307 e. The van der Waals surface area contributed by atoms with Crippen LogP contribution in [0.15, 0.2) is 34.8 Å². The van der Waals surface area contributed by atoms with Gasteiger partial charge in [0.1, 0.15) is 5.82 Å². The molecule has 0 saturated heterocycles. The third-order valence-corrected chi connectivity index (χ3v) is 3.92. The van der Waals surface area contributed by atoms with Gasteiger partial charge in [0.25, 0.3) is 0 Å². The van der Waals surface area contributed by atoms with Gasteiger partial charge in [-0.3, -0.25) is 9.59 Å². The van der Waals surface area contributed by atoms with Crippen molar-refractivity contribution in [1.82, 2.24) is 0 Å². The molecule has 1 aliphatic carbocycles. The van der Waals surface area contributed by atoms with Gasteiger partial charge >= 0.3 is 5.97 Å². The first kappa shape index (κ1) is 14.7. The highest BCUT2D eigenvalue weighted by atomic mass is 79.9. The predicted octanol–water partition coefficient (Wildman–Crippen LogP) is 3.19. The molecule has 0 spiro atoms. The van der Waals surface area contributed by atoms with Gasteiger partial charge in [-0.2, -0.15) is 0 Å². The Bertz CT molecular complexity index is 574. The molecule has 4 nitrogen and oxygen atoms in total. The predicted molar refractivity (Wildman–Crippen MR) is 75.7 cm³/mol. The van der Waals surface area contributed by atoms with E-state index in [0.717, 1.165) is 0 Å². The first-order valence-corrected chi connectivity index (χ1v) is 6.92. The van der Waals surface area contributed by atoms with E-state index in [-0.39, 0.29) is 0 Å². The minimum absolute atomic E-state index is 0.305. The maximum absolute atomic E-state index is 13.4. The van der Waals surface area contributed by atoms with Gasteiger partial charge in [0.15, 0.2) is 0 Å². The first-order chi connectivity index (χ1) is 9.49. The van der Waals surface area contributed by atoms with Gasteiger partial charge in [0.2, 0.25) is 5.91 Å². The second-order valence-corrected chi connectivity index (χ2v) is 5.47. The topological polar surface area (TPSA) is 66.4 Å². The molecular weight excluding hydrogens is 329 g/mol. The zero-order chi connectivity index (χ0) is 14.7. The van der Waals surface area contributed by atoms with E-state index in [1.54, 1.807) is 18.2 Å². The van der Waals surface area contributed by atoms with Crippen LogP contribution in [0, 0.1) is 17.7 Å². The van der Waals surface area contributed by atoms with Gasteiger partial charge in [0, 0.05) is 5.69 Å². The van der Waals surface area contributed by atoms with E-state index in [1.807, 2.05) is 0 Å². The van der Waals surface area contributed by atoms with E-state index < -0.39 is 29.5 Å². The van der Waals surface area contributed by atoms with Crippen LogP contribution in [0.5, 0.6) is 0 Å². The van der Waals surface area contributed by atoms with Crippen LogP contribution in [-0.2, 0) is 9.59 Å². The fraction of sp³-hybridized carbons (Fsp3) is 0.286. The number of nitrogens with one attached hydrogen (secondary N) is 1. The molecule has 2 rings (SSSR count). The van der Waals surface area contributed by atoms with E-state index in [4.69, 9.17) is 5.11 Å². The number of halogens is 2. The summed E-state index contributed by atoms with van der Waals surface area (Å²) in [5, 5.41) is 11.7. The number of carbonyl (C=O) groups is 2. The van der Waals surface area contributed by atoms with Gasteiger partial charge in [-0.05, 0) is 47.0 Å². The molecule has 0 heterocycles. The van der Waals surface area contributed by atoms with Gasteiger partial charge in [-0.1, -0.05) is 12.2 Å². The standard InChI is InChI=1S/C14H13BrFNO3/c15-11-6-5-8(7-12(11)16)17-13(18)9-3-1-2-4-10(9)14(19)20/h1-2,5-7,9-10H,3-4H2,(H,17,18)(H,19,20)/t9-,10+/m1/s1. The summed E-state index contributed by atoms with van der Waals surface area (Å²) in [6.07, 6.45) is 4.28. The number of carboxylic acids is 1. The summed E-state index contributed by atoms with van der Waals surface area (Å²) in [6.45, 7) is 0. The Morgan fingerprint density at radius 1 is 1.25 bits per heavy atom. The van der Waals surface area contributed by atoms with Gasteiger partial charge in [-0.15, -0.1) is 0 Å². The third kappa shape index (κ3) is 3.25. The lowest BCUT2D eigenvalue weighted by Crippen LogP contribution is -2.34. The molecule has 0 radical (unpaired) electrons. The van der Waals surface area contributed by atoms with Crippen LogP contribution in [0.1, 0.15) is 12.8 Å². The minimum atomic E-state index is -0.989. The molecule has 0 bridgehead atoms. The Labute approximate surface area is 123 Å². The molecule has 106 valence electrons. The lowest BCUT2D eigenvalue weighted by atomic mass is 9.82. The number of allylic oxidation sites excluding steroid dienone is 2. The number of anilines is 1. The van der Waals surface area contributed by atoms with Crippen molar-refractivity contribution in [3.8, 4) is 0 Å². The highest BCUT2D eigenvalue weighted by Crippen LogP contribution is 2.28. The normalized spacial score (nSPS) is 21.5. The van der Waals surface area contributed by atoms with Crippen molar-refractivity contribution in [3.63, 3.8) is 0 Å². The lowest BCUT2D eigenvalue weighted by Gasteiger charge is -2.24. The van der Waals surface area contributed by atoms with Crippen LogP contribution in [0.25, 0.3) is 0 Å². The van der Waals surface area contributed by atoms with Gasteiger partial charge < -0.3 is 10.4 Å². The van der Waals surface area contributed by atoms with Crippen molar-refractivity contribution in [2.24, 2.45) is 11.8 Å². The lowest BCUT2D eigenvalue weighted by molar-refractivity contribution is -0.146. The molecule has 1 aromatic rings. The van der Waals surface area contributed by atoms with Gasteiger partial charge in [0.05, 0.1) is 16.3 Å². The molecule has 0 fully saturated rings. The summed E-state index contributed by atoms with van der Waals surface area (Å²) < 4.78 is 13.7. The number of rotatable bonds is 3. The third-order valence-electron chi connectivity index (χ3n) is 3.27. The molecular formula is C14H13BrFNO3. The zero-order valence-corrected chi connectivity index (χ0v) is 12.1. The van der Waals surface area contributed by atoms with Crippen molar-refractivity contribution < 1.29 is 19.1 Å². The van der Waals surface area contributed by atoms with Crippen molar-refractivity contribution in [3.05, 3.63) is 40.6 Å². The number of hydrogen-bond acceptors (Lipinski definition) is 2. The van der Waals surface area contributed by atoms with Crippen LogP contribution in [0.3, 0.4) is 0 Å². The summed E-state index contributed by atoms with van der Waals surface area (Å²) in [5.74, 6) is -3.24. The fourth-order valence-electron chi connectivity index (χ4n) is 2.19. The number of hydrogen-bond donors (Lipinski definition) is 2. The van der Waals surface area contributed by atoms with E-state index in [0.29, 0.717) is 23.0 Å². The van der Waals surface area contributed by atoms with E-state index >= 15 is 0 Å². The van der Waals surface area contributed by atoms with Crippen LogP contribution in [0.2, 0.25) is 0 Å². The molecule has 0 saturated carbocycles. The van der Waals surface area contributed by atoms with Crippen molar-refractivity contribution in [2.75, 3.05) is 5.32 Å². The van der Waals surface area contributed by atoms with Crippen molar-refractivity contribution >= 4 is 33.5 Å². The highest BCUT2D eigenvalue weighted by molar-refractivity contribution is 9.10. The molecule has 2 atom stereocenters. The van der Waals surface area contributed by atoms with Crippen LogP contribution < -0.4 is 5.32 Å². The number of carboxylic acid groups (broad SMARTS) is 1. The largest absolute Gasteiger partial charge is 0.481 e. The molecule has 2 N–H and O–H groups in total. The van der Waals surface area contributed by atoms with Crippen molar-refractivity contribution in [2.45, 2.75) is 12.8 Å². The summed E-state index contributed by atoms with van der Waals surface area (Å²) in [4.78, 5) is 23.3. The summed E-state index contributed by atoms with van der Waals surface area (Å²) >= 11 is 3.03. The second kappa shape index (κ2) is 6.17. The van der Waals surface area contributed by atoms with E-state index in [2.05, 4.69) is 21.2 Å². The maximum atomic E-state index is 13.4. The molecule has 0 aromatic heterocycles. The number of aliphatic carboxylic acids is 1. The van der Waals surface area contributed by atoms with Crippen molar-refractivity contribution in [1.29, 1.82) is 0 Å². The molecule has 20 heavy (non-hydrogen) atoms. The molecule has 1 amide bonds. The number of amides is 1. The molecule has 0 aliphatic heterocycles.